The molecule has 0 aliphatic carbocycles. The Kier molecular flexibility index (Phi) is 5.36. The number of methoxy groups -OCH3 is 1. The molecule has 106 valence electrons. The van der Waals surface area contributed by atoms with Crippen LogP contribution in [0.15, 0.2) is 12.1 Å². The Labute approximate surface area is 118 Å². The molecule has 1 N–H and O–H groups in total. The molecule has 1 aliphatic rings. The lowest BCUT2D eigenvalue weighted by atomic mass is 10.1. The van der Waals surface area contributed by atoms with E-state index in [0.29, 0.717) is 18.6 Å². The van der Waals surface area contributed by atoms with E-state index in [1.165, 1.54) is 18.4 Å². The van der Waals surface area contributed by atoms with Crippen LogP contribution < -0.4 is 5.32 Å². The van der Waals surface area contributed by atoms with Gasteiger partial charge in [-0.1, -0.05) is 0 Å². The molecule has 2 atom stereocenters. The van der Waals surface area contributed by atoms with Gasteiger partial charge < -0.3 is 14.8 Å². The molecule has 2 heterocycles. The number of hydrogen-bond donors (Lipinski definition) is 1. The second-order valence-electron chi connectivity index (χ2n) is 4.84. The quantitative estimate of drug-likeness (QED) is 0.812. The van der Waals surface area contributed by atoms with Crippen molar-refractivity contribution in [3.8, 4) is 0 Å². The van der Waals surface area contributed by atoms with Crippen LogP contribution in [-0.2, 0) is 27.2 Å². The van der Waals surface area contributed by atoms with E-state index < -0.39 is 0 Å². The molecular weight excluding hydrogens is 262 g/mol. The van der Waals surface area contributed by atoms with Gasteiger partial charge in [-0.15, -0.1) is 11.3 Å². The monoisotopic (exact) mass is 283 g/mol. The predicted molar refractivity (Wildman–Crippen MR) is 75.3 cm³/mol. The van der Waals surface area contributed by atoms with Crippen molar-refractivity contribution in [2.24, 2.45) is 0 Å². The van der Waals surface area contributed by atoms with Crippen molar-refractivity contribution in [2.75, 3.05) is 13.7 Å². The van der Waals surface area contributed by atoms with Crippen LogP contribution in [0.1, 0.15) is 29.5 Å². The topological polar surface area (TPSA) is 47.6 Å². The summed E-state index contributed by atoms with van der Waals surface area (Å²) in [6.07, 6.45) is 3.02. The van der Waals surface area contributed by atoms with Crippen LogP contribution in [0.2, 0.25) is 0 Å². The first-order valence-electron chi connectivity index (χ1n) is 6.68. The Balaban J connectivity index is 1.77. The molecule has 0 bridgehead atoms. The van der Waals surface area contributed by atoms with Gasteiger partial charge >= 0.3 is 5.97 Å². The van der Waals surface area contributed by atoms with Gasteiger partial charge in [-0.3, -0.25) is 4.79 Å². The largest absolute Gasteiger partial charge is 0.469 e. The van der Waals surface area contributed by atoms with Gasteiger partial charge in [0.25, 0.3) is 0 Å². The van der Waals surface area contributed by atoms with Gasteiger partial charge in [-0.2, -0.15) is 0 Å². The Bertz CT molecular complexity index is 413. The normalized spacial score (nSPS) is 20.4. The van der Waals surface area contributed by atoms with E-state index >= 15 is 0 Å². The summed E-state index contributed by atoms with van der Waals surface area (Å²) in [6, 6.07) is 4.43. The molecule has 0 radical (unpaired) electrons. The highest BCUT2D eigenvalue weighted by Gasteiger charge is 2.21. The van der Waals surface area contributed by atoms with E-state index in [9.17, 15) is 4.79 Å². The molecule has 0 spiro atoms. The maximum Gasteiger partial charge on any atom is 0.310 e. The number of rotatable bonds is 6. The molecule has 0 aromatic carbocycles. The summed E-state index contributed by atoms with van der Waals surface area (Å²) in [5.74, 6) is -0.186. The zero-order chi connectivity index (χ0) is 13.7. The summed E-state index contributed by atoms with van der Waals surface area (Å²) in [7, 11) is 1.42. The van der Waals surface area contributed by atoms with Gasteiger partial charge in [0.1, 0.15) is 0 Å². The maximum absolute atomic E-state index is 11.2. The summed E-state index contributed by atoms with van der Waals surface area (Å²) < 4.78 is 10.3. The molecule has 4 nitrogen and oxygen atoms in total. The van der Waals surface area contributed by atoms with Crippen LogP contribution in [0.4, 0.5) is 0 Å². The van der Waals surface area contributed by atoms with Crippen LogP contribution >= 0.6 is 11.3 Å². The molecule has 2 unspecified atom stereocenters. The summed E-state index contributed by atoms with van der Waals surface area (Å²) >= 11 is 1.66. The zero-order valence-electron chi connectivity index (χ0n) is 11.5. The van der Waals surface area contributed by atoms with Gasteiger partial charge in [0.05, 0.1) is 19.6 Å². The molecule has 5 heteroatoms. The number of thiophene rings is 1. The molecule has 1 aromatic rings. The Morgan fingerprint density at radius 3 is 3.05 bits per heavy atom. The molecule has 0 saturated carbocycles. The lowest BCUT2D eigenvalue weighted by molar-refractivity contribution is -0.139. The van der Waals surface area contributed by atoms with Crippen molar-refractivity contribution in [1.29, 1.82) is 0 Å². The second-order valence-corrected chi connectivity index (χ2v) is 6.09. The van der Waals surface area contributed by atoms with Crippen molar-refractivity contribution >= 4 is 17.3 Å². The van der Waals surface area contributed by atoms with E-state index in [0.717, 1.165) is 24.4 Å². The smallest absolute Gasteiger partial charge is 0.310 e. The minimum atomic E-state index is -0.186. The van der Waals surface area contributed by atoms with Crippen molar-refractivity contribution in [3.05, 3.63) is 21.9 Å². The molecule has 1 aliphatic heterocycles. The van der Waals surface area contributed by atoms with Crippen molar-refractivity contribution < 1.29 is 14.3 Å². The average Bonchev–Trinajstić information content (AvgIpc) is 3.07. The minimum Gasteiger partial charge on any atom is -0.469 e. The van der Waals surface area contributed by atoms with Crippen molar-refractivity contribution in [3.63, 3.8) is 0 Å². The third-order valence-electron chi connectivity index (χ3n) is 3.38. The molecular formula is C14H21NO3S. The predicted octanol–water partition coefficient (Wildman–Crippen LogP) is 2.12. The first-order chi connectivity index (χ1) is 9.19. The highest BCUT2D eigenvalue weighted by molar-refractivity contribution is 7.12. The molecule has 2 rings (SSSR count). The molecule has 0 amide bonds. The zero-order valence-corrected chi connectivity index (χ0v) is 12.3. The molecule has 1 saturated heterocycles. The summed E-state index contributed by atoms with van der Waals surface area (Å²) in [5.41, 5.74) is 0. The third kappa shape index (κ3) is 4.30. The first kappa shape index (κ1) is 14.5. The fraction of sp³-hybridized carbons (Fsp3) is 0.643. The van der Waals surface area contributed by atoms with Gasteiger partial charge in [0.2, 0.25) is 0 Å². The van der Waals surface area contributed by atoms with Crippen molar-refractivity contribution in [2.45, 2.75) is 44.9 Å². The lowest BCUT2D eigenvalue weighted by Crippen LogP contribution is -2.36. The van der Waals surface area contributed by atoms with E-state index in [2.05, 4.69) is 23.0 Å². The van der Waals surface area contributed by atoms with Crippen molar-refractivity contribution in [1.82, 2.24) is 5.32 Å². The first-order valence-corrected chi connectivity index (χ1v) is 7.50. The van der Waals surface area contributed by atoms with E-state index in [1.54, 1.807) is 11.3 Å². The summed E-state index contributed by atoms with van der Waals surface area (Å²) in [4.78, 5) is 13.5. The molecule has 1 aromatic heterocycles. The van der Waals surface area contributed by atoms with Gasteiger partial charge in [0, 0.05) is 28.9 Å². The van der Waals surface area contributed by atoms with Crippen LogP contribution in [-0.4, -0.2) is 31.8 Å². The van der Waals surface area contributed by atoms with E-state index in [4.69, 9.17) is 4.74 Å². The summed E-state index contributed by atoms with van der Waals surface area (Å²) in [6.45, 7) is 3.88. The molecule has 1 fully saturated rings. The standard InChI is InChI=1S/C14H21NO3S/c1-10(13-4-3-7-18-13)15-9-12-6-5-11(19-12)8-14(16)17-2/h5-6,10,13,15H,3-4,7-9H2,1-2H3. The van der Waals surface area contributed by atoms with Gasteiger partial charge in [-0.05, 0) is 31.9 Å². The fourth-order valence-corrected chi connectivity index (χ4v) is 3.17. The Morgan fingerprint density at radius 1 is 1.58 bits per heavy atom. The number of carbonyl (C=O) groups is 1. The minimum absolute atomic E-state index is 0.186. The van der Waals surface area contributed by atoms with E-state index in [-0.39, 0.29) is 5.97 Å². The Hall–Kier alpha value is -0.910. The van der Waals surface area contributed by atoms with E-state index in [1.807, 2.05) is 6.07 Å². The average molecular weight is 283 g/mol. The third-order valence-corrected chi connectivity index (χ3v) is 4.47. The van der Waals surface area contributed by atoms with Crippen LogP contribution in [0.3, 0.4) is 0 Å². The Morgan fingerprint density at radius 2 is 2.37 bits per heavy atom. The SMILES string of the molecule is COC(=O)Cc1ccc(CNC(C)C2CCCO2)s1. The van der Waals surface area contributed by atoms with Crippen LogP contribution in [0.25, 0.3) is 0 Å². The second kappa shape index (κ2) is 7.03. The maximum atomic E-state index is 11.2. The van der Waals surface area contributed by atoms with Gasteiger partial charge in [-0.25, -0.2) is 0 Å². The number of carbonyl (C=O) groups excluding carboxylic acids is 1. The summed E-state index contributed by atoms with van der Waals surface area (Å²) in [5, 5.41) is 3.49. The number of esters is 1. The highest BCUT2D eigenvalue weighted by atomic mass is 32.1. The van der Waals surface area contributed by atoms with Gasteiger partial charge in [0.15, 0.2) is 0 Å². The number of nitrogens with one attached hydrogen (secondary N) is 1. The number of ether oxygens (including phenoxy) is 2. The highest BCUT2D eigenvalue weighted by Crippen LogP contribution is 2.19. The molecule has 19 heavy (non-hydrogen) atoms. The fourth-order valence-electron chi connectivity index (χ4n) is 2.22. The lowest BCUT2D eigenvalue weighted by Gasteiger charge is -2.19. The van der Waals surface area contributed by atoms with Crippen LogP contribution in [0, 0.1) is 0 Å². The number of hydrogen-bond acceptors (Lipinski definition) is 5. The van der Waals surface area contributed by atoms with Crippen LogP contribution in [0.5, 0.6) is 0 Å².